The number of amides is 1. The Kier molecular flexibility index (Phi) is 4.04. The molecule has 1 aliphatic heterocycles. The molecule has 2 atom stereocenters. The van der Waals surface area contributed by atoms with Gasteiger partial charge in [0.05, 0.1) is 17.2 Å². The van der Waals surface area contributed by atoms with E-state index in [-0.39, 0.29) is 23.1 Å². The Morgan fingerprint density at radius 1 is 1.45 bits per heavy atom. The van der Waals surface area contributed by atoms with E-state index in [1.54, 1.807) is 12.1 Å². The molecule has 1 aromatic carbocycles. The van der Waals surface area contributed by atoms with Gasteiger partial charge in [0.25, 0.3) is 5.91 Å². The van der Waals surface area contributed by atoms with Crippen molar-refractivity contribution in [2.45, 2.75) is 18.6 Å². The Morgan fingerprint density at radius 2 is 2.27 bits per heavy atom. The SMILES string of the molecule is O=C(c1ncncc1Cl)N1C[C@H](O)C[C@@H]1c1cccc(F)c1. The highest BCUT2D eigenvalue weighted by molar-refractivity contribution is 6.33. The van der Waals surface area contributed by atoms with Gasteiger partial charge in [-0.3, -0.25) is 4.79 Å². The zero-order valence-corrected chi connectivity index (χ0v) is 12.2. The van der Waals surface area contributed by atoms with Crippen LogP contribution in [0.1, 0.15) is 28.5 Å². The van der Waals surface area contributed by atoms with Gasteiger partial charge in [0.2, 0.25) is 0 Å². The van der Waals surface area contributed by atoms with E-state index in [0.717, 1.165) is 0 Å². The number of carbonyl (C=O) groups excluding carboxylic acids is 1. The molecule has 1 fully saturated rings. The van der Waals surface area contributed by atoms with Crippen molar-refractivity contribution >= 4 is 17.5 Å². The molecule has 0 bridgehead atoms. The van der Waals surface area contributed by atoms with E-state index in [2.05, 4.69) is 9.97 Å². The summed E-state index contributed by atoms with van der Waals surface area (Å²) in [4.78, 5) is 21.7. The lowest BCUT2D eigenvalue weighted by Crippen LogP contribution is -2.32. The summed E-state index contributed by atoms with van der Waals surface area (Å²) in [6.45, 7) is 0.153. The first kappa shape index (κ1) is 14.9. The maximum Gasteiger partial charge on any atom is 0.274 e. The minimum absolute atomic E-state index is 0.0761. The zero-order chi connectivity index (χ0) is 15.7. The van der Waals surface area contributed by atoms with Crippen LogP contribution in [0.25, 0.3) is 0 Å². The quantitative estimate of drug-likeness (QED) is 0.921. The lowest BCUT2D eigenvalue weighted by atomic mass is 10.0. The summed E-state index contributed by atoms with van der Waals surface area (Å²) in [5, 5.41) is 10.1. The molecule has 1 N–H and O–H groups in total. The average Bonchev–Trinajstić information content (AvgIpc) is 2.89. The molecule has 22 heavy (non-hydrogen) atoms. The fraction of sp³-hybridized carbons (Fsp3) is 0.267. The van der Waals surface area contributed by atoms with E-state index in [9.17, 15) is 14.3 Å². The van der Waals surface area contributed by atoms with E-state index < -0.39 is 18.1 Å². The molecule has 3 rings (SSSR count). The average molecular weight is 322 g/mol. The summed E-state index contributed by atoms with van der Waals surface area (Å²) < 4.78 is 13.4. The first-order chi connectivity index (χ1) is 10.6. The minimum atomic E-state index is -0.669. The Bertz CT molecular complexity index is 713. The van der Waals surface area contributed by atoms with Gasteiger partial charge in [-0.15, -0.1) is 0 Å². The van der Waals surface area contributed by atoms with Gasteiger partial charge < -0.3 is 10.0 Å². The fourth-order valence-electron chi connectivity index (χ4n) is 2.67. The number of hydrogen-bond donors (Lipinski definition) is 1. The Hall–Kier alpha value is -2.05. The highest BCUT2D eigenvalue weighted by Gasteiger charge is 2.37. The van der Waals surface area contributed by atoms with Crippen molar-refractivity contribution in [3.8, 4) is 0 Å². The number of aromatic nitrogens is 2. The molecule has 5 nitrogen and oxygen atoms in total. The molecule has 114 valence electrons. The second kappa shape index (κ2) is 5.98. The predicted octanol–water partition coefficient (Wildman–Crippen LogP) is 2.22. The molecular weight excluding hydrogens is 309 g/mol. The van der Waals surface area contributed by atoms with E-state index in [4.69, 9.17) is 11.6 Å². The highest BCUT2D eigenvalue weighted by Crippen LogP contribution is 2.34. The van der Waals surface area contributed by atoms with Crippen LogP contribution in [0.3, 0.4) is 0 Å². The van der Waals surface area contributed by atoms with Crippen molar-refractivity contribution in [3.05, 3.63) is 58.9 Å². The van der Waals surface area contributed by atoms with Gasteiger partial charge in [0.1, 0.15) is 17.8 Å². The second-order valence-electron chi connectivity index (χ2n) is 5.14. The molecule has 1 amide bonds. The van der Waals surface area contributed by atoms with Crippen molar-refractivity contribution in [1.82, 2.24) is 14.9 Å². The number of likely N-dealkylation sites (tertiary alicyclic amines) is 1. The fourth-order valence-corrected chi connectivity index (χ4v) is 2.86. The zero-order valence-electron chi connectivity index (χ0n) is 11.5. The smallest absolute Gasteiger partial charge is 0.274 e. The van der Waals surface area contributed by atoms with Gasteiger partial charge in [-0.05, 0) is 24.1 Å². The molecule has 0 saturated carbocycles. The van der Waals surface area contributed by atoms with Gasteiger partial charge >= 0.3 is 0 Å². The third-order valence-corrected chi connectivity index (χ3v) is 3.92. The minimum Gasteiger partial charge on any atom is -0.391 e. The van der Waals surface area contributed by atoms with Crippen LogP contribution in [0.15, 0.2) is 36.8 Å². The summed E-state index contributed by atoms with van der Waals surface area (Å²) in [5.74, 6) is -0.787. The molecule has 0 spiro atoms. The first-order valence-electron chi connectivity index (χ1n) is 6.76. The first-order valence-corrected chi connectivity index (χ1v) is 7.14. The third-order valence-electron chi connectivity index (χ3n) is 3.64. The van der Waals surface area contributed by atoms with Crippen LogP contribution in [0.4, 0.5) is 4.39 Å². The molecule has 0 unspecified atom stereocenters. The molecule has 2 aromatic rings. The standard InChI is InChI=1S/C15H13ClFN3O2/c16-12-6-18-8-19-14(12)15(22)20-7-11(21)5-13(20)9-2-1-3-10(17)4-9/h1-4,6,8,11,13,21H,5,7H2/t11-,13-/m1/s1. The third kappa shape index (κ3) is 2.80. The molecule has 0 radical (unpaired) electrons. The summed E-state index contributed by atoms with van der Waals surface area (Å²) in [6, 6.07) is 5.60. The van der Waals surface area contributed by atoms with Crippen molar-refractivity contribution in [3.63, 3.8) is 0 Å². The van der Waals surface area contributed by atoms with Gasteiger partial charge in [0.15, 0.2) is 0 Å². The summed E-state index contributed by atoms with van der Waals surface area (Å²) in [5.41, 5.74) is 0.710. The summed E-state index contributed by atoms with van der Waals surface area (Å²) in [7, 11) is 0. The van der Waals surface area contributed by atoms with Crippen LogP contribution in [0.5, 0.6) is 0 Å². The molecule has 1 saturated heterocycles. The van der Waals surface area contributed by atoms with Gasteiger partial charge in [0, 0.05) is 12.7 Å². The van der Waals surface area contributed by atoms with E-state index >= 15 is 0 Å². The number of hydrogen-bond acceptors (Lipinski definition) is 4. The van der Waals surface area contributed by atoms with Crippen LogP contribution >= 0.6 is 11.6 Å². The number of aliphatic hydroxyl groups excluding tert-OH is 1. The van der Waals surface area contributed by atoms with Crippen molar-refractivity contribution < 1.29 is 14.3 Å². The van der Waals surface area contributed by atoms with Crippen molar-refractivity contribution in [2.75, 3.05) is 6.54 Å². The predicted molar refractivity (Wildman–Crippen MR) is 77.8 cm³/mol. The molecule has 2 heterocycles. The van der Waals surface area contributed by atoms with Crippen molar-refractivity contribution in [1.29, 1.82) is 0 Å². The maximum atomic E-state index is 13.4. The Labute approximate surface area is 131 Å². The maximum absolute atomic E-state index is 13.4. The van der Waals surface area contributed by atoms with Crippen LogP contribution in [-0.2, 0) is 0 Å². The molecular formula is C15H13ClFN3O2. The molecule has 0 aliphatic carbocycles. The van der Waals surface area contributed by atoms with Crippen molar-refractivity contribution in [2.24, 2.45) is 0 Å². The number of carbonyl (C=O) groups is 1. The van der Waals surface area contributed by atoms with E-state index in [1.807, 2.05) is 0 Å². The Balaban J connectivity index is 1.94. The normalized spacial score (nSPS) is 21.1. The number of halogens is 2. The largest absolute Gasteiger partial charge is 0.391 e. The van der Waals surface area contributed by atoms with Crippen LogP contribution in [-0.4, -0.2) is 38.5 Å². The highest BCUT2D eigenvalue weighted by atomic mass is 35.5. The number of nitrogens with zero attached hydrogens (tertiary/aromatic N) is 3. The topological polar surface area (TPSA) is 66.3 Å². The number of aliphatic hydroxyl groups is 1. The number of rotatable bonds is 2. The van der Waals surface area contributed by atoms with E-state index in [1.165, 1.54) is 29.6 Å². The lowest BCUT2D eigenvalue weighted by molar-refractivity contribution is 0.0709. The van der Waals surface area contributed by atoms with Gasteiger partial charge in [-0.1, -0.05) is 23.7 Å². The lowest BCUT2D eigenvalue weighted by Gasteiger charge is -2.24. The summed E-state index contributed by atoms with van der Waals surface area (Å²) >= 11 is 5.96. The van der Waals surface area contributed by atoms with Gasteiger partial charge in [-0.2, -0.15) is 0 Å². The van der Waals surface area contributed by atoms with Crippen LogP contribution in [0, 0.1) is 5.82 Å². The monoisotopic (exact) mass is 321 g/mol. The van der Waals surface area contributed by atoms with Crippen LogP contribution in [0.2, 0.25) is 5.02 Å². The van der Waals surface area contributed by atoms with Gasteiger partial charge in [-0.25, -0.2) is 14.4 Å². The van der Waals surface area contributed by atoms with Crippen LogP contribution < -0.4 is 0 Å². The molecule has 1 aromatic heterocycles. The molecule has 7 heteroatoms. The second-order valence-corrected chi connectivity index (χ2v) is 5.54. The Morgan fingerprint density at radius 3 is 3.00 bits per heavy atom. The molecule has 1 aliphatic rings. The summed E-state index contributed by atoms with van der Waals surface area (Å²) in [6.07, 6.45) is 2.25. The van der Waals surface area contributed by atoms with E-state index in [0.29, 0.717) is 12.0 Å². The number of benzene rings is 1. The number of β-amino-alcohol motifs (C(OH)–C–C–N with tert-alkyl or cyclic N) is 1.